The third-order valence-electron chi connectivity index (χ3n) is 3.70. The Morgan fingerprint density at radius 3 is 2.29 bits per heavy atom. The summed E-state index contributed by atoms with van der Waals surface area (Å²) in [4.78, 5) is 14.1. The maximum atomic E-state index is 11.8. The van der Waals surface area contributed by atoms with E-state index in [1.54, 1.807) is 18.3 Å². The summed E-state index contributed by atoms with van der Waals surface area (Å²) < 4.78 is 0. The molecule has 0 saturated heterocycles. The number of hydrogen-bond acceptors (Lipinski definition) is 3. The quantitative estimate of drug-likeness (QED) is 0.612. The summed E-state index contributed by atoms with van der Waals surface area (Å²) in [7, 11) is 0. The van der Waals surface area contributed by atoms with E-state index in [1.165, 1.54) is 5.69 Å². The van der Waals surface area contributed by atoms with Crippen molar-refractivity contribution in [3.05, 3.63) is 64.7 Å². The highest BCUT2D eigenvalue weighted by molar-refractivity contribution is 6.30. The molecule has 24 heavy (non-hydrogen) atoms. The second kappa shape index (κ2) is 9.08. The van der Waals surface area contributed by atoms with Gasteiger partial charge < -0.3 is 4.90 Å². The number of hydrogen-bond donors (Lipinski definition) is 1. The van der Waals surface area contributed by atoms with E-state index in [1.807, 2.05) is 24.3 Å². The molecule has 1 amide bonds. The van der Waals surface area contributed by atoms with Gasteiger partial charge in [-0.05, 0) is 49.2 Å². The van der Waals surface area contributed by atoms with E-state index in [0.29, 0.717) is 5.02 Å². The maximum Gasteiger partial charge on any atom is 0.244 e. The smallest absolute Gasteiger partial charge is 0.244 e. The van der Waals surface area contributed by atoms with Gasteiger partial charge in [-0.3, -0.25) is 4.79 Å². The van der Waals surface area contributed by atoms with Gasteiger partial charge in [0.25, 0.3) is 0 Å². The highest BCUT2D eigenvalue weighted by Gasteiger charge is 2.02. The molecule has 0 radical (unpaired) electrons. The molecule has 0 aromatic heterocycles. The number of nitrogens with one attached hydrogen (secondary N) is 1. The number of carbonyl (C=O) groups excluding carboxylic acids is 1. The van der Waals surface area contributed by atoms with Crippen LogP contribution < -0.4 is 10.3 Å². The fourth-order valence-electron chi connectivity index (χ4n) is 2.37. The molecule has 5 heteroatoms. The van der Waals surface area contributed by atoms with E-state index in [0.717, 1.165) is 24.2 Å². The van der Waals surface area contributed by atoms with Crippen LogP contribution in [0.4, 0.5) is 5.69 Å². The SMILES string of the molecule is CCN(CC)c1ccc(/C=N/NC(=O)Cc2ccc(Cl)cc2)cc1. The van der Waals surface area contributed by atoms with Crippen LogP contribution in [0.5, 0.6) is 0 Å². The summed E-state index contributed by atoms with van der Waals surface area (Å²) in [6.45, 7) is 6.22. The topological polar surface area (TPSA) is 44.7 Å². The molecule has 126 valence electrons. The predicted octanol–water partition coefficient (Wildman–Crippen LogP) is 3.88. The summed E-state index contributed by atoms with van der Waals surface area (Å²) in [5, 5.41) is 4.66. The van der Waals surface area contributed by atoms with Gasteiger partial charge >= 0.3 is 0 Å². The van der Waals surface area contributed by atoms with Gasteiger partial charge in [0.1, 0.15) is 0 Å². The summed E-state index contributed by atoms with van der Waals surface area (Å²) in [5.74, 6) is -0.159. The van der Waals surface area contributed by atoms with Crippen molar-refractivity contribution >= 4 is 29.4 Å². The molecule has 0 fully saturated rings. The van der Waals surface area contributed by atoms with Crippen LogP contribution in [0.2, 0.25) is 5.02 Å². The lowest BCUT2D eigenvalue weighted by Gasteiger charge is -2.20. The van der Waals surface area contributed by atoms with E-state index in [-0.39, 0.29) is 12.3 Å². The third kappa shape index (κ3) is 5.39. The molecule has 2 aromatic carbocycles. The zero-order valence-electron chi connectivity index (χ0n) is 14.0. The molecule has 0 aliphatic carbocycles. The molecule has 0 spiro atoms. The molecule has 0 atom stereocenters. The van der Waals surface area contributed by atoms with Crippen LogP contribution in [0.3, 0.4) is 0 Å². The lowest BCUT2D eigenvalue weighted by Crippen LogP contribution is -2.21. The Balaban J connectivity index is 1.86. The molecule has 0 aliphatic rings. The average molecular weight is 344 g/mol. The highest BCUT2D eigenvalue weighted by atomic mass is 35.5. The highest BCUT2D eigenvalue weighted by Crippen LogP contribution is 2.14. The molecular weight excluding hydrogens is 322 g/mol. The van der Waals surface area contributed by atoms with Crippen molar-refractivity contribution in [1.82, 2.24) is 5.43 Å². The largest absolute Gasteiger partial charge is 0.372 e. The Morgan fingerprint density at radius 1 is 1.08 bits per heavy atom. The van der Waals surface area contributed by atoms with Gasteiger partial charge in [-0.25, -0.2) is 5.43 Å². The first-order valence-electron chi connectivity index (χ1n) is 8.03. The predicted molar refractivity (Wildman–Crippen MR) is 101 cm³/mol. The molecule has 0 saturated carbocycles. The number of carbonyl (C=O) groups is 1. The Morgan fingerprint density at radius 2 is 1.71 bits per heavy atom. The number of rotatable bonds is 7. The summed E-state index contributed by atoms with van der Waals surface area (Å²) >= 11 is 5.82. The second-order valence-corrected chi connectivity index (χ2v) is 5.80. The number of benzene rings is 2. The lowest BCUT2D eigenvalue weighted by atomic mass is 10.1. The maximum absolute atomic E-state index is 11.8. The Hall–Kier alpha value is -2.33. The molecule has 4 nitrogen and oxygen atoms in total. The fourth-order valence-corrected chi connectivity index (χ4v) is 2.49. The first-order valence-corrected chi connectivity index (χ1v) is 8.41. The van der Waals surface area contributed by atoms with Gasteiger partial charge in [0.05, 0.1) is 12.6 Å². The van der Waals surface area contributed by atoms with Crippen molar-refractivity contribution in [2.75, 3.05) is 18.0 Å². The van der Waals surface area contributed by atoms with Crippen LogP contribution in [0.15, 0.2) is 53.6 Å². The summed E-state index contributed by atoms with van der Waals surface area (Å²) in [5.41, 5.74) is 5.57. The van der Waals surface area contributed by atoms with Crippen LogP contribution >= 0.6 is 11.6 Å². The van der Waals surface area contributed by atoms with Gasteiger partial charge in [-0.15, -0.1) is 0 Å². The van der Waals surface area contributed by atoms with Crippen LogP contribution in [0, 0.1) is 0 Å². The zero-order chi connectivity index (χ0) is 17.4. The minimum atomic E-state index is -0.159. The van der Waals surface area contributed by atoms with Crippen LogP contribution in [-0.2, 0) is 11.2 Å². The van der Waals surface area contributed by atoms with Crippen molar-refractivity contribution < 1.29 is 4.79 Å². The monoisotopic (exact) mass is 343 g/mol. The number of hydrazone groups is 1. The van der Waals surface area contributed by atoms with Crippen LogP contribution in [0.25, 0.3) is 0 Å². The molecule has 1 N–H and O–H groups in total. The average Bonchev–Trinajstić information content (AvgIpc) is 2.59. The fraction of sp³-hybridized carbons (Fsp3) is 0.263. The van der Waals surface area contributed by atoms with E-state index in [9.17, 15) is 4.79 Å². The van der Waals surface area contributed by atoms with Gasteiger partial charge in [0.15, 0.2) is 0 Å². The first kappa shape index (κ1) is 18.0. The molecule has 0 aliphatic heterocycles. The van der Waals surface area contributed by atoms with Crippen molar-refractivity contribution in [2.45, 2.75) is 20.3 Å². The number of amides is 1. The first-order chi connectivity index (χ1) is 11.6. The van der Waals surface area contributed by atoms with Gasteiger partial charge in [-0.2, -0.15) is 5.10 Å². The van der Waals surface area contributed by atoms with Gasteiger partial charge in [0.2, 0.25) is 5.91 Å². The third-order valence-corrected chi connectivity index (χ3v) is 3.95. The Labute approximate surface area is 148 Å². The molecule has 0 unspecified atom stereocenters. The van der Waals surface area contributed by atoms with Crippen molar-refractivity contribution in [2.24, 2.45) is 5.10 Å². The molecule has 0 bridgehead atoms. The molecular formula is C19H22ClN3O. The van der Waals surface area contributed by atoms with Gasteiger partial charge in [0, 0.05) is 23.8 Å². The zero-order valence-corrected chi connectivity index (χ0v) is 14.8. The van der Waals surface area contributed by atoms with Crippen LogP contribution in [0.1, 0.15) is 25.0 Å². The van der Waals surface area contributed by atoms with Crippen molar-refractivity contribution in [3.8, 4) is 0 Å². The lowest BCUT2D eigenvalue weighted by molar-refractivity contribution is -0.120. The summed E-state index contributed by atoms with van der Waals surface area (Å²) in [6.07, 6.45) is 1.92. The van der Waals surface area contributed by atoms with E-state index in [2.05, 4.69) is 41.4 Å². The second-order valence-electron chi connectivity index (χ2n) is 5.36. The Bertz CT molecular complexity index is 677. The normalized spacial score (nSPS) is 10.8. The van der Waals surface area contributed by atoms with Crippen LogP contribution in [-0.4, -0.2) is 25.2 Å². The van der Waals surface area contributed by atoms with Gasteiger partial charge in [-0.1, -0.05) is 35.9 Å². The van der Waals surface area contributed by atoms with E-state index in [4.69, 9.17) is 11.6 Å². The van der Waals surface area contributed by atoms with Crippen molar-refractivity contribution in [3.63, 3.8) is 0 Å². The molecule has 0 heterocycles. The van der Waals surface area contributed by atoms with Crippen molar-refractivity contribution in [1.29, 1.82) is 0 Å². The number of halogens is 1. The molecule has 2 rings (SSSR count). The number of nitrogens with zero attached hydrogens (tertiary/aromatic N) is 2. The van der Waals surface area contributed by atoms with E-state index < -0.39 is 0 Å². The van der Waals surface area contributed by atoms with E-state index >= 15 is 0 Å². The molecule has 2 aromatic rings. The minimum absolute atomic E-state index is 0.159. The summed E-state index contributed by atoms with van der Waals surface area (Å²) in [6, 6.07) is 15.3. The Kier molecular flexibility index (Phi) is 6.82. The minimum Gasteiger partial charge on any atom is -0.372 e. The standard InChI is InChI=1S/C19H22ClN3O/c1-3-23(4-2)18-11-7-16(8-12-18)14-21-22-19(24)13-15-5-9-17(20)10-6-15/h5-12,14H,3-4,13H2,1-2H3,(H,22,24)/b21-14+. The number of anilines is 1.